The molecule has 0 saturated carbocycles. The molecule has 2 N–H and O–H groups in total. The van der Waals surface area contributed by atoms with Gasteiger partial charge in [0.25, 0.3) is 5.91 Å². The molecule has 1 aromatic carbocycles. The van der Waals surface area contributed by atoms with Crippen LogP contribution in [0.3, 0.4) is 0 Å². The molecule has 0 aromatic heterocycles. The highest BCUT2D eigenvalue weighted by molar-refractivity contribution is 5.94. The molecule has 6 heteroatoms. The van der Waals surface area contributed by atoms with Gasteiger partial charge >= 0.3 is 0 Å². The van der Waals surface area contributed by atoms with Gasteiger partial charge in [-0.3, -0.25) is 4.79 Å². The van der Waals surface area contributed by atoms with Gasteiger partial charge in [-0.05, 0) is 44.4 Å². The van der Waals surface area contributed by atoms with E-state index in [0.717, 1.165) is 50.8 Å². The molecule has 0 aliphatic carbocycles. The number of carbonyl (C=O) groups is 1. The van der Waals surface area contributed by atoms with Crippen molar-refractivity contribution in [2.45, 2.75) is 33.2 Å². The zero-order chi connectivity index (χ0) is 18.4. The zero-order valence-corrected chi connectivity index (χ0v) is 15.9. The second kappa shape index (κ2) is 8.54. The van der Waals surface area contributed by atoms with Crippen molar-refractivity contribution in [1.82, 2.24) is 15.5 Å². The van der Waals surface area contributed by atoms with E-state index in [1.807, 2.05) is 31.2 Å². The van der Waals surface area contributed by atoms with E-state index in [-0.39, 0.29) is 5.91 Å². The van der Waals surface area contributed by atoms with Crippen molar-refractivity contribution in [1.29, 1.82) is 0 Å². The van der Waals surface area contributed by atoms with E-state index in [9.17, 15) is 4.79 Å². The first kappa shape index (κ1) is 18.7. The topological polar surface area (TPSA) is 66.0 Å². The molecular weight excluding hydrogens is 328 g/mol. The first-order chi connectivity index (χ1) is 12.7. The minimum Gasteiger partial charge on any atom is -0.381 e. The maximum absolute atomic E-state index is 11.8. The van der Waals surface area contributed by atoms with E-state index in [1.165, 1.54) is 6.42 Å². The molecule has 1 unspecified atom stereocenters. The lowest BCUT2D eigenvalue weighted by Gasteiger charge is -2.25. The molecule has 0 radical (unpaired) electrons. The molecule has 2 fully saturated rings. The van der Waals surface area contributed by atoms with Crippen molar-refractivity contribution in [3.05, 3.63) is 35.4 Å². The van der Waals surface area contributed by atoms with Gasteiger partial charge in [0.15, 0.2) is 5.96 Å². The third kappa shape index (κ3) is 4.36. The first-order valence-corrected chi connectivity index (χ1v) is 9.64. The van der Waals surface area contributed by atoms with Crippen LogP contribution in [0.4, 0.5) is 0 Å². The minimum absolute atomic E-state index is 0.0305. The fourth-order valence-corrected chi connectivity index (χ4v) is 3.70. The van der Waals surface area contributed by atoms with E-state index in [1.54, 1.807) is 0 Å². The summed E-state index contributed by atoms with van der Waals surface area (Å²) in [7, 11) is 0. The predicted octanol–water partition coefficient (Wildman–Crippen LogP) is 2.01. The third-order valence-corrected chi connectivity index (χ3v) is 5.22. The highest BCUT2D eigenvalue weighted by Crippen LogP contribution is 2.38. The van der Waals surface area contributed by atoms with Gasteiger partial charge < -0.3 is 20.3 Å². The van der Waals surface area contributed by atoms with Gasteiger partial charge in [-0.2, -0.15) is 0 Å². The van der Waals surface area contributed by atoms with Crippen molar-refractivity contribution in [3.63, 3.8) is 0 Å². The molecule has 1 atom stereocenters. The second-order valence-electron chi connectivity index (χ2n) is 7.20. The van der Waals surface area contributed by atoms with Gasteiger partial charge in [-0.25, -0.2) is 4.99 Å². The third-order valence-electron chi connectivity index (χ3n) is 5.22. The maximum Gasteiger partial charge on any atom is 0.251 e. The number of hydrogen-bond acceptors (Lipinski definition) is 3. The molecule has 0 bridgehead atoms. The van der Waals surface area contributed by atoms with E-state index in [4.69, 9.17) is 9.73 Å². The lowest BCUT2D eigenvalue weighted by Crippen LogP contribution is -2.41. The maximum atomic E-state index is 11.8. The average Bonchev–Trinajstić information content (AvgIpc) is 3.29. The van der Waals surface area contributed by atoms with Crippen LogP contribution in [-0.4, -0.2) is 56.2 Å². The first-order valence-electron chi connectivity index (χ1n) is 9.64. The number of amides is 1. The van der Waals surface area contributed by atoms with Gasteiger partial charge in [0.05, 0.1) is 13.2 Å². The van der Waals surface area contributed by atoms with E-state index in [0.29, 0.717) is 24.1 Å². The molecule has 1 aromatic rings. The summed E-state index contributed by atoms with van der Waals surface area (Å²) < 4.78 is 5.63. The molecule has 1 spiro atoms. The van der Waals surface area contributed by atoms with Gasteiger partial charge in [0, 0.05) is 43.8 Å². The van der Waals surface area contributed by atoms with Crippen molar-refractivity contribution >= 4 is 11.9 Å². The summed E-state index contributed by atoms with van der Waals surface area (Å²) in [6.45, 7) is 9.95. The Kier molecular flexibility index (Phi) is 6.14. The van der Waals surface area contributed by atoms with Gasteiger partial charge in [0.2, 0.25) is 0 Å². The van der Waals surface area contributed by atoms with E-state index < -0.39 is 0 Å². The van der Waals surface area contributed by atoms with Crippen LogP contribution in [0, 0.1) is 5.41 Å². The molecule has 6 nitrogen and oxygen atoms in total. The number of likely N-dealkylation sites (tertiary alicyclic amines) is 1. The summed E-state index contributed by atoms with van der Waals surface area (Å²) in [5, 5.41) is 6.23. The number of aliphatic imine (C=N–C) groups is 1. The Balaban J connectivity index is 1.63. The molecule has 2 aliphatic rings. The smallest absolute Gasteiger partial charge is 0.251 e. The lowest BCUT2D eigenvalue weighted by molar-refractivity contribution is 0.0956. The summed E-state index contributed by atoms with van der Waals surface area (Å²) >= 11 is 0. The Bertz CT molecular complexity index is 636. The number of nitrogens with zero attached hydrogens (tertiary/aromatic N) is 2. The van der Waals surface area contributed by atoms with Crippen LogP contribution < -0.4 is 10.6 Å². The molecule has 3 rings (SSSR count). The quantitative estimate of drug-likeness (QED) is 0.624. The molecule has 2 heterocycles. The number of rotatable bonds is 5. The van der Waals surface area contributed by atoms with E-state index in [2.05, 4.69) is 22.5 Å². The monoisotopic (exact) mass is 358 g/mol. The SMILES string of the molecule is CCNC(=O)c1ccc(CN=C(NCC)N2CCC3(CCOC3)C2)cc1. The van der Waals surface area contributed by atoms with E-state index >= 15 is 0 Å². The van der Waals surface area contributed by atoms with Crippen LogP contribution in [0.25, 0.3) is 0 Å². The molecule has 2 saturated heterocycles. The van der Waals surface area contributed by atoms with Crippen LogP contribution in [0.2, 0.25) is 0 Å². The standard InChI is InChI=1S/C20H30N4O2/c1-3-21-18(25)17-7-5-16(6-8-17)13-23-19(22-4-2)24-11-9-20(14-24)10-12-26-15-20/h5-8H,3-4,9-15H2,1-2H3,(H,21,25)(H,22,23). The molecule has 26 heavy (non-hydrogen) atoms. The number of benzene rings is 1. The molecule has 2 aliphatic heterocycles. The zero-order valence-electron chi connectivity index (χ0n) is 15.9. The van der Waals surface area contributed by atoms with Crippen molar-refractivity contribution in [2.24, 2.45) is 10.4 Å². The summed E-state index contributed by atoms with van der Waals surface area (Å²) in [4.78, 5) is 19.0. The Labute approximate surface area is 156 Å². The van der Waals surface area contributed by atoms with Gasteiger partial charge in [-0.1, -0.05) is 12.1 Å². The van der Waals surface area contributed by atoms with Crippen LogP contribution in [0.15, 0.2) is 29.3 Å². The fraction of sp³-hybridized carbons (Fsp3) is 0.600. The summed E-state index contributed by atoms with van der Waals surface area (Å²) in [5.41, 5.74) is 2.12. The minimum atomic E-state index is -0.0305. The Morgan fingerprint density at radius 2 is 1.96 bits per heavy atom. The number of hydrogen-bond donors (Lipinski definition) is 2. The summed E-state index contributed by atoms with van der Waals surface area (Å²) in [5.74, 6) is 0.945. The average molecular weight is 358 g/mol. The second-order valence-corrected chi connectivity index (χ2v) is 7.20. The van der Waals surface area contributed by atoms with Crippen molar-refractivity contribution < 1.29 is 9.53 Å². The predicted molar refractivity (Wildman–Crippen MR) is 103 cm³/mol. The highest BCUT2D eigenvalue weighted by atomic mass is 16.5. The van der Waals surface area contributed by atoms with Crippen LogP contribution in [-0.2, 0) is 11.3 Å². The number of nitrogens with one attached hydrogen (secondary N) is 2. The van der Waals surface area contributed by atoms with Crippen molar-refractivity contribution in [3.8, 4) is 0 Å². The largest absolute Gasteiger partial charge is 0.381 e. The van der Waals surface area contributed by atoms with Crippen LogP contribution in [0.1, 0.15) is 42.6 Å². The Morgan fingerprint density at radius 1 is 1.19 bits per heavy atom. The normalized spacial score (nSPS) is 22.8. The summed E-state index contributed by atoms with van der Waals surface area (Å²) in [6, 6.07) is 7.69. The number of carbonyl (C=O) groups excluding carboxylic acids is 1. The van der Waals surface area contributed by atoms with Gasteiger partial charge in [0.1, 0.15) is 0 Å². The Morgan fingerprint density at radius 3 is 2.62 bits per heavy atom. The van der Waals surface area contributed by atoms with Gasteiger partial charge in [-0.15, -0.1) is 0 Å². The lowest BCUT2D eigenvalue weighted by atomic mass is 9.87. The van der Waals surface area contributed by atoms with Crippen LogP contribution >= 0.6 is 0 Å². The Hall–Kier alpha value is -2.08. The van der Waals surface area contributed by atoms with Crippen molar-refractivity contribution in [2.75, 3.05) is 39.4 Å². The molecular formula is C20H30N4O2. The van der Waals surface area contributed by atoms with Crippen LogP contribution in [0.5, 0.6) is 0 Å². The number of ether oxygens (including phenoxy) is 1. The molecule has 1 amide bonds. The molecule has 142 valence electrons. The fourth-order valence-electron chi connectivity index (χ4n) is 3.70. The highest BCUT2D eigenvalue weighted by Gasteiger charge is 2.42. The number of guanidine groups is 1. The summed E-state index contributed by atoms with van der Waals surface area (Å²) in [6.07, 6.45) is 2.34.